The van der Waals surface area contributed by atoms with Crippen molar-refractivity contribution in [3.8, 4) is 0 Å². The van der Waals surface area contributed by atoms with Gasteiger partial charge in [0.25, 0.3) is 0 Å². The number of hydrogen-bond acceptors (Lipinski definition) is 1. The van der Waals surface area contributed by atoms with Crippen molar-refractivity contribution < 1.29 is 8.78 Å². The van der Waals surface area contributed by atoms with Gasteiger partial charge in [-0.2, -0.15) is 0 Å². The van der Waals surface area contributed by atoms with Gasteiger partial charge in [0, 0.05) is 12.6 Å². The highest BCUT2D eigenvalue weighted by Crippen LogP contribution is 2.26. The van der Waals surface area contributed by atoms with Crippen LogP contribution in [0.1, 0.15) is 19.8 Å². The van der Waals surface area contributed by atoms with E-state index in [0.717, 1.165) is 25.0 Å². The molecule has 0 fully saturated rings. The molecule has 0 saturated heterocycles. The van der Waals surface area contributed by atoms with Crippen molar-refractivity contribution in [3.05, 3.63) is 28.8 Å². The minimum atomic E-state index is -0.659. The van der Waals surface area contributed by atoms with Gasteiger partial charge in [0.2, 0.25) is 0 Å². The summed E-state index contributed by atoms with van der Waals surface area (Å²) in [7, 11) is 0. The highest BCUT2D eigenvalue weighted by Gasteiger charge is 2.08. The number of hydrogen-bond donors (Lipinski definition) is 1. The molecular weight excluding hydrogens is 208 g/mol. The van der Waals surface area contributed by atoms with Crippen molar-refractivity contribution in [2.75, 3.05) is 11.9 Å². The number of benzene rings is 1. The zero-order valence-corrected chi connectivity index (χ0v) is 8.67. The molecule has 1 rings (SSSR count). The first-order chi connectivity index (χ1) is 6.65. The van der Waals surface area contributed by atoms with Gasteiger partial charge in [-0.25, -0.2) is 8.78 Å². The molecule has 0 aromatic heterocycles. The Morgan fingerprint density at radius 1 is 1.36 bits per heavy atom. The van der Waals surface area contributed by atoms with Gasteiger partial charge in [-0.05, 0) is 12.5 Å². The standard InChI is InChI=1S/C10H12ClF2N/c1-2-3-4-14-10-8(11)5-7(12)6-9(10)13/h5-6,14H,2-4H2,1H3. The van der Waals surface area contributed by atoms with Crippen LogP contribution < -0.4 is 5.32 Å². The van der Waals surface area contributed by atoms with Gasteiger partial charge in [0.15, 0.2) is 5.82 Å². The second kappa shape index (κ2) is 5.15. The van der Waals surface area contributed by atoms with Gasteiger partial charge in [0.1, 0.15) is 5.82 Å². The van der Waals surface area contributed by atoms with E-state index in [2.05, 4.69) is 5.32 Å². The Balaban J connectivity index is 2.75. The first kappa shape index (κ1) is 11.2. The lowest BCUT2D eigenvalue weighted by molar-refractivity contribution is 0.585. The third-order valence-electron chi connectivity index (χ3n) is 1.84. The molecule has 0 saturated carbocycles. The zero-order valence-electron chi connectivity index (χ0n) is 7.91. The Kier molecular flexibility index (Phi) is 4.14. The summed E-state index contributed by atoms with van der Waals surface area (Å²) in [6.07, 6.45) is 1.93. The maximum atomic E-state index is 13.2. The number of unbranched alkanes of at least 4 members (excludes halogenated alkanes) is 1. The fraction of sp³-hybridized carbons (Fsp3) is 0.400. The monoisotopic (exact) mass is 219 g/mol. The van der Waals surface area contributed by atoms with Crippen LogP contribution in [0.5, 0.6) is 0 Å². The number of anilines is 1. The van der Waals surface area contributed by atoms with Gasteiger partial charge in [-0.3, -0.25) is 0 Å². The van der Waals surface area contributed by atoms with E-state index in [1.807, 2.05) is 6.92 Å². The highest BCUT2D eigenvalue weighted by atomic mass is 35.5. The van der Waals surface area contributed by atoms with E-state index >= 15 is 0 Å². The van der Waals surface area contributed by atoms with Crippen molar-refractivity contribution in [1.29, 1.82) is 0 Å². The molecule has 0 atom stereocenters. The Hall–Kier alpha value is -0.830. The van der Waals surface area contributed by atoms with Crippen LogP contribution >= 0.6 is 11.6 Å². The van der Waals surface area contributed by atoms with Crippen LogP contribution in [-0.2, 0) is 0 Å². The molecule has 14 heavy (non-hydrogen) atoms. The van der Waals surface area contributed by atoms with Crippen LogP contribution in [0.25, 0.3) is 0 Å². The molecule has 0 aliphatic rings. The lowest BCUT2D eigenvalue weighted by Crippen LogP contribution is -2.04. The first-order valence-corrected chi connectivity index (χ1v) is 4.91. The van der Waals surface area contributed by atoms with Gasteiger partial charge < -0.3 is 5.32 Å². The molecule has 1 N–H and O–H groups in total. The van der Waals surface area contributed by atoms with Crippen LogP contribution in [0.4, 0.5) is 14.5 Å². The molecular formula is C10H12ClF2N. The fourth-order valence-electron chi connectivity index (χ4n) is 1.10. The normalized spacial score (nSPS) is 10.3. The maximum absolute atomic E-state index is 13.2. The van der Waals surface area contributed by atoms with Gasteiger partial charge >= 0.3 is 0 Å². The summed E-state index contributed by atoms with van der Waals surface area (Å²) >= 11 is 5.67. The quantitative estimate of drug-likeness (QED) is 0.759. The lowest BCUT2D eigenvalue weighted by Gasteiger charge is -2.08. The van der Waals surface area contributed by atoms with Crippen LogP contribution in [0.2, 0.25) is 5.02 Å². The summed E-state index contributed by atoms with van der Waals surface area (Å²) in [6.45, 7) is 2.67. The Bertz CT molecular complexity index is 292. The molecule has 1 nitrogen and oxygen atoms in total. The van der Waals surface area contributed by atoms with E-state index < -0.39 is 11.6 Å². The second-order valence-corrected chi connectivity index (χ2v) is 3.43. The molecule has 1 aromatic rings. The molecule has 0 bridgehead atoms. The molecule has 0 amide bonds. The van der Waals surface area contributed by atoms with Gasteiger partial charge in [0.05, 0.1) is 10.7 Å². The molecule has 0 radical (unpaired) electrons. The van der Waals surface area contributed by atoms with Crippen LogP contribution in [0.15, 0.2) is 12.1 Å². The second-order valence-electron chi connectivity index (χ2n) is 3.02. The maximum Gasteiger partial charge on any atom is 0.150 e. The van der Waals surface area contributed by atoms with Crippen LogP contribution in [0, 0.1) is 11.6 Å². The van der Waals surface area contributed by atoms with Crippen molar-refractivity contribution in [2.45, 2.75) is 19.8 Å². The summed E-state index contributed by atoms with van der Waals surface area (Å²) < 4.78 is 25.8. The summed E-state index contributed by atoms with van der Waals surface area (Å²) in [5.41, 5.74) is 0.182. The average molecular weight is 220 g/mol. The van der Waals surface area contributed by atoms with Crippen LogP contribution in [-0.4, -0.2) is 6.54 Å². The molecule has 78 valence electrons. The third kappa shape index (κ3) is 2.84. The molecule has 4 heteroatoms. The summed E-state index contributed by atoms with van der Waals surface area (Å²) in [5, 5.41) is 2.92. The SMILES string of the molecule is CCCCNc1c(F)cc(F)cc1Cl. The van der Waals surface area contributed by atoms with Crippen molar-refractivity contribution >= 4 is 17.3 Å². The number of rotatable bonds is 4. The van der Waals surface area contributed by atoms with Gasteiger partial charge in [-0.15, -0.1) is 0 Å². The van der Waals surface area contributed by atoms with E-state index in [4.69, 9.17) is 11.6 Å². The van der Waals surface area contributed by atoms with Gasteiger partial charge in [-0.1, -0.05) is 24.9 Å². The number of halogens is 3. The van der Waals surface area contributed by atoms with E-state index in [1.165, 1.54) is 0 Å². The van der Waals surface area contributed by atoms with Crippen LogP contribution in [0.3, 0.4) is 0 Å². The molecule has 0 unspecified atom stereocenters. The van der Waals surface area contributed by atoms with E-state index in [1.54, 1.807) is 0 Å². The Morgan fingerprint density at radius 2 is 2.07 bits per heavy atom. The van der Waals surface area contributed by atoms with E-state index in [9.17, 15) is 8.78 Å². The summed E-state index contributed by atoms with van der Waals surface area (Å²) in [5.74, 6) is -1.31. The average Bonchev–Trinajstić information content (AvgIpc) is 2.09. The largest absolute Gasteiger partial charge is 0.381 e. The fourth-order valence-corrected chi connectivity index (χ4v) is 1.36. The predicted octanol–water partition coefficient (Wildman–Crippen LogP) is 3.83. The highest BCUT2D eigenvalue weighted by molar-refractivity contribution is 6.33. The smallest absolute Gasteiger partial charge is 0.150 e. The Labute approximate surface area is 87.1 Å². The minimum absolute atomic E-state index is 0.0820. The molecule has 1 aromatic carbocycles. The molecule has 0 spiro atoms. The van der Waals surface area contributed by atoms with Crippen molar-refractivity contribution in [2.24, 2.45) is 0 Å². The topological polar surface area (TPSA) is 12.0 Å². The Morgan fingerprint density at radius 3 is 2.64 bits per heavy atom. The molecule has 0 aliphatic carbocycles. The van der Waals surface area contributed by atoms with E-state index in [0.29, 0.717) is 6.54 Å². The van der Waals surface area contributed by atoms with E-state index in [-0.39, 0.29) is 10.7 Å². The minimum Gasteiger partial charge on any atom is -0.381 e. The summed E-state index contributed by atoms with van der Waals surface area (Å²) in [6, 6.07) is 1.92. The summed E-state index contributed by atoms with van der Waals surface area (Å²) in [4.78, 5) is 0. The van der Waals surface area contributed by atoms with Crippen molar-refractivity contribution in [1.82, 2.24) is 0 Å². The molecule has 0 heterocycles. The molecule has 0 aliphatic heterocycles. The predicted molar refractivity (Wildman–Crippen MR) is 54.8 cm³/mol. The lowest BCUT2D eigenvalue weighted by atomic mass is 10.2. The number of nitrogens with one attached hydrogen (secondary N) is 1. The first-order valence-electron chi connectivity index (χ1n) is 4.53. The third-order valence-corrected chi connectivity index (χ3v) is 2.14. The van der Waals surface area contributed by atoms with Crippen molar-refractivity contribution in [3.63, 3.8) is 0 Å². The zero-order chi connectivity index (χ0) is 10.6.